The van der Waals surface area contributed by atoms with E-state index in [4.69, 9.17) is 9.47 Å². The minimum atomic E-state index is -0.379. The number of rotatable bonds is 10. The van der Waals surface area contributed by atoms with Crippen LogP contribution in [0.2, 0.25) is 0 Å². The first-order valence-electron chi connectivity index (χ1n) is 18.3. The van der Waals surface area contributed by atoms with Gasteiger partial charge in [0.2, 0.25) is 0 Å². The molecule has 0 amide bonds. The van der Waals surface area contributed by atoms with Crippen molar-refractivity contribution in [2.24, 2.45) is 75.9 Å². The molecule has 0 aromatic heterocycles. The minimum Gasteiger partial charge on any atom is -0.465 e. The van der Waals surface area contributed by atoms with E-state index in [-0.39, 0.29) is 29.7 Å². The molecule has 4 nitrogen and oxygen atoms in total. The molecular weight excluding hydrogens is 532 g/mol. The monoisotopic (exact) mass is 603 g/mol. The van der Waals surface area contributed by atoms with Crippen molar-refractivity contribution in [3.63, 3.8) is 0 Å². The molecule has 0 radical (unpaired) electrons. The Morgan fingerprint density at radius 3 is 1.47 bits per heavy atom. The Morgan fingerprint density at radius 2 is 1.02 bits per heavy atom. The predicted octanol–water partition coefficient (Wildman–Crippen LogP) is 10.4. The average molecular weight is 603 g/mol. The summed E-state index contributed by atoms with van der Waals surface area (Å²) in [6, 6.07) is 0. The standard InChI is InChI=1S/C39H70O4/c1-25-15-17-30(32(28(25)4)19-21-38(6,7)8)23-42-36(40)34-14-12-13-27(3)35(34)37(41)43-24-31-18-16-26(2)29(5)33(31)20-22-39(9,10)11/h25-35H,12-24H2,1-11H3. The smallest absolute Gasteiger partial charge is 0.310 e. The summed E-state index contributed by atoms with van der Waals surface area (Å²) >= 11 is 0. The highest BCUT2D eigenvalue weighted by Crippen LogP contribution is 2.45. The van der Waals surface area contributed by atoms with Crippen LogP contribution in [-0.4, -0.2) is 25.2 Å². The van der Waals surface area contributed by atoms with E-state index >= 15 is 0 Å². The van der Waals surface area contributed by atoms with Crippen molar-refractivity contribution >= 4 is 11.9 Å². The van der Waals surface area contributed by atoms with Crippen molar-refractivity contribution in [1.29, 1.82) is 0 Å². The van der Waals surface area contributed by atoms with Gasteiger partial charge in [0.25, 0.3) is 0 Å². The molecule has 0 aliphatic heterocycles. The van der Waals surface area contributed by atoms with Gasteiger partial charge in [-0.1, -0.05) is 95.4 Å². The SMILES string of the molecule is CC1CCC(COC(=O)C2CCCC(C)C2C(=O)OCC2CCC(C)C(C)C2CCC(C)(C)C)C(CCC(C)(C)C)C1C. The Bertz CT molecular complexity index is 881. The number of hydrogen-bond donors (Lipinski definition) is 0. The van der Waals surface area contributed by atoms with Gasteiger partial charge >= 0.3 is 11.9 Å². The zero-order valence-corrected chi connectivity index (χ0v) is 30.2. The highest BCUT2D eigenvalue weighted by molar-refractivity contribution is 5.82. The number of hydrogen-bond acceptors (Lipinski definition) is 4. The van der Waals surface area contributed by atoms with E-state index in [1.54, 1.807) is 0 Å². The van der Waals surface area contributed by atoms with Gasteiger partial charge in [-0.2, -0.15) is 0 Å². The molecule has 4 heteroatoms. The normalized spacial score (nSPS) is 37.5. The van der Waals surface area contributed by atoms with E-state index in [2.05, 4.69) is 76.2 Å². The van der Waals surface area contributed by atoms with Crippen molar-refractivity contribution in [2.45, 2.75) is 147 Å². The van der Waals surface area contributed by atoms with E-state index in [9.17, 15) is 9.59 Å². The number of esters is 2. The molecule has 0 N–H and O–H groups in total. The van der Waals surface area contributed by atoms with E-state index in [0.717, 1.165) is 43.9 Å². The summed E-state index contributed by atoms with van der Waals surface area (Å²) in [5.74, 6) is 3.85. The summed E-state index contributed by atoms with van der Waals surface area (Å²) in [7, 11) is 0. The molecule has 3 aliphatic rings. The van der Waals surface area contributed by atoms with Gasteiger partial charge in [-0.15, -0.1) is 0 Å². The summed E-state index contributed by atoms with van der Waals surface area (Å²) in [6.07, 6.45) is 12.2. The van der Waals surface area contributed by atoms with Crippen LogP contribution >= 0.6 is 0 Å². The Morgan fingerprint density at radius 1 is 0.581 bits per heavy atom. The van der Waals surface area contributed by atoms with Crippen LogP contribution in [0.1, 0.15) is 147 Å². The summed E-state index contributed by atoms with van der Waals surface area (Å²) < 4.78 is 12.3. The fourth-order valence-corrected chi connectivity index (χ4v) is 8.88. The first kappa shape index (κ1) is 36.4. The van der Waals surface area contributed by atoms with Crippen molar-refractivity contribution in [1.82, 2.24) is 0 Å². The van der Waals surface area contributed by atoms with Crippen LogP contribution in [0.25, 0.3) is 0 Å². The maximum absolute atomic E-state index is 13.7. The highest BCUT2D eigenvalue weighted by atomic mass is 16.5. The molecule has 0 heterocycles. The summed E-state index contributed by atoms with van der Waals surface area (Å²) in [4.78, 5) is 27.4. The fourth-order valence-electron chi connectivity index (χ4n) is 8.88. The maximum atomic E-state index is 13.7. The lowest BCUT2D eigenvalue weighted by Gasteiger charge is -2.42. The fraction of sp³-hybridized carbons (Fsp3) is 0.949. The van der Waals surface area contributed by atoms with E-state index in [0.29, 0.717) is 59.6 Å². The predicted molar refractivity (Wildman–Crippen MR) is 178 cm³/mol. The summed E-state index contributed by atoms with van der Waals surface area (Å²) in [5.41, 5.74) is 0.626. The van der Waals surface area contributed by atoms with Crippen molar-refractivity contribution in [2.75, 3.05) is 13.2 Å². The molecule has 0 spiro atoms. The van der Waals surface area contributed by atoms with Gasteiger partial charge in [-0.3, -0.25) is 9.59 Å². The number of carbonyl (C=O) groups excluding carboxylic acids is 2. The van der Waals surface area contributed by atoms with Crippen LogP contribution in [0.5, 0.6) is 0 Å². The first-order chi connectivity index (χ1) is 20.0. The first-order valence-corrected chi connectivity index (χ1v) is 18.3. The van der Waals surface area contributed by atoms with Gasteiger partial charge in [0.05, 0.1) is 25.0 Å². The Labute approximate surface area is 266 Å². The second kappa shape index (κ2) is 15.5. The quantitative estimate of drug-likeness (QED) is 0.233. The molecule has 0 aromatic carbocycles. The second-order valence-electron chi connectivity index (χ2n) is 18.2. The van der Waals surface area contributed by atoms with Gasteiger partial charge in [0.15, 0.2) is 0 Å². The Hall–Kier alpha value is -1.06. The maximum Gasteiger partial charge on any atom is 0.310 e. The third-order valence-electron chi connectivity index (χ3n) is 12.5. The number of carbonyl (C=O) groups is 2. The van der Waals surface area contributed by atoms with Crippen LogP contribution in [0.3, 0.4) is 0 Å². The topological polar surface area (TPSA) is 52.6 Å². The highest BCUT2D eigenvalue weighted by Gasteiger charge is 2.44. The van der Waals surface area contributed by atoms with Crippen LogP contribution in [-0.2, 0) is 19.1 Å². The lowest BCUT2D eigenvalue weighted by atomic mass is 9.65. The van der Waals surface area contributed by atoms with Crippen molar-refractivity contribution < 1.29 is 19.1 Å². The third kappa shape index (κ3) is 10.5. The summed E-state index contributed by atoms with van der Waals surface area (Å²) in [5, 5.41) is 0. The van der Waals surface area contributed by atoms with Gasteiger partial charge in [0, 0.05) is 0 Å². The molecule has 0 bridgehead atoms. The molecule has 3 rings (SSSR count). The van der Waals surface area contributed by atoms with Gasteiger partial charge in [-0.05, 0) is 115 Å². The van der Waals surface area contributed by atoms with Gasteiger partial charge < -0.3 is 9.47 Å². The second-order valence-corrected chi connectivity index (χ2v) is 18.2. The van der Waals surface area contributed by atoms with E-state index in [1.807, 2.05) is 0 Å². The molecule has 250 valence electrons. The Balaban J connectivity index is 1.62. The van der Waals surface area contributed by atoms with Crippen molar-refractivity contribution in [3.05, 3.63) is 0 Å². The van der Waals surface area contributed by atoms with E-state index in [1.165, 1.54) is 38.5 Å². The van der Waals surface area contributed by atoms with Crippen LogP contribution in [0, 0.1) is 75.9 Å². The largest absolute Gasteiger partial charge is 0.465 e. The zero-order chi connectivity index (χ0) is 32.1. The lowest BCUT2D eigenvalue weighted by Crippen LogP contribution is -2.42. The molecule has 3 saturated carbocycles. The molecular formula is C39H70O4. The van der Waals surface area contributed by atoms with Gasteiger partial charge in [0.1, 0.15) is 0 Å². The van der Waals surface area contributed by atoms with Crippen molar-refractivity contribution in [3.8, 4) is 0 Å². The minimum absolute atomic E-state index is 0.149. The van der Waals surface area contributed by atoms with Crippen LogP contribution in [0.4, 0.5) is 0 Å². The zero-order valence-electron chi connectivity index (χ0n) is 30.2. The van der Waals surface area contributed by atoms with E-state index < -0.39 is 0 Å². The molecule has 43 heavy (non-hydrogen) atoms. The molecule has 11 atom stereocenters. The average Bonchev–Trinajstić information content (AvgIpc) is 2.91. The molecule has 3 fully saturated rings. The molecule has 11 unspecified atom stereocenters. The van der Waals surface area contributed by atoms with Crippen LogP contribution in [0.15, 0.2) is 0 Å². The Kier molecular flexibility index (Phi) is 13.1. The summed E-state index contributed by atoms with van der Waals surface area (Å²) in [6.45, 7) is 26.7. The number of ether oxygens (including phenoxy) is 2. The molecule has 0 aromatic rings. The third-order valence-corrected chi connectivity index (χ3v) is 12.5. The van der Waals surface area contributed by atoms with Gasteiger partial charge in [-0.25, -0.2) is 0 Å². The van der Waals surface area contributed by atoms with Crippen LogP contribution < -0.4 is 0 Å². The molecule has 3 aliphatic carbocycles. The lowest BCUT2D eigenvalue weighted by molar-refractivity contribution is -0.168. The molecule has 0 saturated heterocycles.